The summed E-state index contributed by atoms with van der Waals surface area (Å²) in [4.78, 5) is 11.9. The molecule has 0 heterocycles. The van der Waals surface area contributed by atoms with Gasteiger partial charge in [0.05, 0.1) is 17.0 Å². The van der Waals surface area contributed by atoms with Crippen molar-refractivity contribution in [3.8, 4) is 5.75 Å². The summed E-state index contributed by atoms with van der Waals surface area (Å²) in [5.41, 5.74) is 0.586. The summed E-state index contributed by atoms with van der Waals surface area (Å²) in [6.07, 6.45) is 1.91. The summed E-state index contributed by atoms with van der Waals surface area (Å²) < 4.78 is 5.87. The van der Waals surface area contributed by atoms with Crippen LogP contribution < -0.4 is 10.1 Å². The average Bonchev–Trinajstić information content (AvgIpc) is 2.36. The van der Waals surface area contributed by atoms with E-state index in [1.54, 1.807) is 25.3 Å². The van der Waals surface area contributed by atoms with Crippen molar-refractivity contribution < 1.29 is 9.53 Å². The molecule has 1 unspecified atom stereocenters. The molecule has 0 aliphatic heterocycles. The van der Waals surface area contributed by atoms with Crippen molar-refractivity contribution in [2.75, 3.05) is 13.7 Å². The lowest BCUT2D eigenvalue weighted by atomic mass is 10.2. The van der Waals surface area contributed by atoms with Crippen LogP contribution in [0.5, 0.6) is 5.75 Å². The van der Waals surface area contributed by atoms with Gasteiger partial charge in [0.2, 0.25) is 0 Å². The predicted octanol–water partition coefficient (Wildman–Crippen LogP) is 3.60. The largest absolute Gasteiger partial charge is 0.496 e. The zero-order valence-corrected chi connectivity index (χ0v) is 12.8. The van der Waals surface area contributed by atoms with Crippen LogP contribution in [0.3, 0.4) is 0 Å². The monoisotopic (exact) mass is 333 g/mol. The Kier molecular flexibility index (Phi) is 6.50. The van der Waals surface area contributed by atoms with Gasteiger partial charge >= 0.3 is 0 Å². The lowest BCUT2D eigenvalue weighted by molar-refractivity contribution is 0.0953. The molecule has 0 aliphatic carbocycles. The summed E-state index contributed by atoms with van der Waals surface area (Å²) in [6, 6.07) is 5.21. The molecule has 0 fully saturated rings. The minimum atomic E-state index is -0.125. The van der Waals surface area contributed by atoms with Gasteiger partial charge in [-0.25, -0.2) is 0 Å². The Morgan fingerprint density at radius 1 is 1.56 bits per heavy atom. The molecule has 1 rings (SSSR count). The van der Waals surface area contributed by atoms with E-state index in [-0.39, 0.29) is 11.3 Å². The summed E-state index contributed by atoms with van der Waals surface area (Å²) in [5, 5.41) is 2.80. The van der Waals surface area contributed by atoms with E-state index in [2.05, 4.69) is 28.2 Å². The molecule has 0 saturated carbocycles. The van der Waals surface area contributed by atoms with E-state index >= 15 is 0 Å². The Morgan fingerprint density at radius 2 is 2.28 bits per heavy atom. The van der Waals surface area contributed by atoms with Gasteiger partial charge in [0.25, 0.3) is 5.91 Å². The number of alkyl halides is 1. The maximum Gasteiger partial charge on any atom is 0.251 e. The fourth-order valence-electron chi connectivity index (χ4n) is 1.53. The molecule has 0 radical (unpaired) electrons. The van der Waals surface area contributed by atoms with Crippen molar-refractivity contribution in [2.45, 2.75) is 25.1 Å². The first-order valence-corrected chi connectivity index (χ1v) is 7.07. The molecule has 1 atom stereocenters. The third-order valence-corrected chi connectivity index (χ3v) is 3.49. The van der Waals surface area contributed by atoms with Crippen LogP contribution in [0.2, 0.25) is 0 Å². The maximum absolute atomic E-state index is 11.9. The standard InChI is InChI=1S/C13H17BrClNO2/c1-3-4-10(15)8-16-13(17)9-5-6-12(18-2)11(14)7-9/h5-7,10H,3-4,8H2,1-2H3,(H,16,17). The number of nitrogens with one attached hydrogen (secondary N) is 1. The van der Waals surface area contributed by atoms with Crippen LogP contribution in [0.4, 0.5) is 0 Å². The molecule has 1 aromatic carbocycles. The number of amides is 1. The smallest absolute Gasteiger partial charge is 0.251 e. The number of halogens is 2. The van der Waals surface area contributed by atoms with Gasteiger partial charge in [-0.1, -0.05) is 13.3 Å². The predicted molar refractivity (Wildman–Crippen MR) is 77.6 cm³/mol. The maximum atomic E-state index is 11.9. The van der Waals surface area contributed by atoms with Crippen molar-refractivity contribution in [1.29, 1.82) is 0 Å². The quantitative estimate of drug-likeness (QED) is 0.807. The number of carbonyl (C=O) groups is 1. The second-order valence-corrected chi connectivity index (χ2v) is 5.42. The lowest BCUT2D eigenvalue weighted by Gasteiger charge is -2.10. The van der Waals surface area contributed by atoms with E-state index in [0.717, 1.165) is 17.3 Å². The number of carbonyl (C=O) groups excluding carboxylic acids is 1. The minimum absolute atomic E-state index is 0.0133. The molecular formula is C13H17BrClNO2. The summed E-state index contributed by atoms with van der Waals surface area (Å²) in [5.74, 6) is 0.577. The van der Waals surface area contributed by atoms with Crippen molar-refractivity contribution in [2.24, 2.45) is 0 Å². The average molecular weight is 335 g/mol. The Labute approximate surface area is 121 Å². The zero-order chi connectivity index (χ0) is 13.5. The number of rotatable bonds is 6. The number of hydrogen-bond acceptors (Lipinski definition) is 2. The Bertz CT molecular complexity index is 412. The van der Waals surface area contributed by atoms with Crippen LogP contribution in [-0.2, 0) is 0 Å². The van der Waals surface area contributed by atoms with Gasteiger partial charge in [0.1, 0.15) is 5.75 Å². The highest BCUT2D eigenvalue weighted by Crippen LogP contribution is 2.25. The zero-order valence-electron chi connectivity index (χ0n) is 10.5. The van der Waals surface area contributed by atoms with Gasteiger partial charge in [0.15, 0.2) is 0 Å². The number of methoxy groups -OCH3 is 1. The van der Waals surface area contributed by atoms with Crippen molar-refractivity contribution in [3.63, 3.8) is 0 Å². The topological polar surface area (TPSA) is 38.3 Å². The van der Waals surface area contributed by atoms with E-state index in [4.69, 9.17) is 16.3 Å². The number of benzene rings is 1. The molecule has 0 aliphatic rings. The second-order valence-electron chi connectivity index (χ2n) is 3.95. The molecule has 1 N–H and O–H groups in total. The molecule has 100 valence electrons. The molecule has 0 bridgehead atoms. The van der Waals surface area contributed by atoms with Crippen LogP contribution in [0.1, 0.15) is 30.1 Å². The van der Waals surface area contributed by atoms with Gasteiger partial charge in [-0.2, -0.15) is 0 Å². The van der Waals surface area contributed by atoms with E-state index in [0.29, 0.717) is 17.9 Å². The fourth-order valence-corrected chi connectivity index (χ4v) is 2.36. The number of hydrogen-bond donors (Lipinski definition) is 1. The van der Waals surface area contributed by atoms with Crippen molar-refractivity contribution >= 4 is 33.4 Å². The molecule has 0 saturated heterocycles. The summed E-state index contributed by atoms with van der Waals surface area (Å²) >= 11 is 9.40. The molecule has 3 nitrogen and oxygen atoms in total. The van der Waals surface area contributed by atoms with Crippen molar-refractivity contribution in [3.05, 3.63) is 28.2 Å². The third-order valence-electron chi connectivity index (χ3n) is 2.50. The van der Waals surface area contributed by atoms with Gasteiger partial charge in [-0.3, -0.25) is 4.79 Å². The van der Waals surface area contributed by atoms with Crippen LogP contribution in [0.15, 0.2) is 22.7 Å². The van der Waals surface area contributed by atoms with Gasteiger partial charge in [-0.05, 0) is 40.5 Å². The minimum Gasteiger partial charge on any atom is -0.496 e. The lowest BCUT2D eigenvalue weighted by Crippen LogP contribution is -2.29. The highest BCUT2D eigenvalue weighted by molar-refractivity contribution is 9.10. The molecule has 0 aromatic heterocycles. The van der Waals surface area contributed by atoms with E-state index in [1.807, 2.05) is 0 Å². The highest BCUT2D eigenvalue weighted by Gasteiger charge is 2.10. The first kappa shape index (κ1) is 15.3. The Balaban J connectivity index is 2.59. The normalized spacial score (nSPS) is 12.0. The Hall–Kier alpha value is -0.740. The second kappa shape index (κ2) is 7.64. The van der Waals surface area contributed by atoms with Gasteiger partial charge in [0, 0.05) is 12.1 Å². The molecule has 1 aromatic rings. The molecular weight excluding hydrogens is 318 g/mol. The Morgan fingerprint density at radius 3 is 2.83 bits per heavy atom. The summed E-state index contributed by atoms with van der Waals surface area (Å²) in [6.45, 7) is 2.55. The van der Waals surface area contributed by atoms with E-state index in [1.165, 1.54) is 0 Å². The molecule has 0 spiro atoms. The van der Waals surface area contributed by atoms with E-state index < -0.39 is 0 Å². The van der Waals surface area contributed by atoms with Crippen LogP contribution in [-0.4, -0.2) is 24.9 Å². The molecule has 18 heavy (non-hydrogen) atoms. The third kappa shape index (κ3) is 4.50. The number of ether oxygens (including phenoxy) is 1. The summed E-state index contributed by atoms with van der Waals surface area (Å²) in [7, 11) is 1.59. The van der Waals surface area contributed by atoms with Crippen LogP contribution in [0.25, 0.3) is 0 Å². The first-order valence-electron chi connectivity index (χ1n) is 5.84. The molecule has 5 heteroatoms. The SMILES string of the molecule is CCCC(Cl)CNC(=O)c1ccc(OC)c(Br)c1. The van der Waals surface area contributed by atoms with Gasteiger partial charge < -0.3 is 10.1 Å². The first-order chi connectivity index (χ1) is 8.58. The van der Waals surface area contributed by atoms with Crippen molar-refractivity contribution in [1.82, 2.24) is 5.32 Å². The molecule has 1 amide bonds. The fraction of sp³-hybridized carbons (Fsp3) is 0.462. The van der Waals surface area contributed by atoms with Crippen LogP contribution in [0, 0.1) is 0 Å². The highest BCUT2D eigenvalue weighted by atomic mass is 79.9. The van der Waals surface area contributed by atoms with Gasteiger partial charge in [-0.15, -0.1) is 11.6 Å². The van der Waals surface area contributed by atoms with E-state index in [9.17, 15) is 4.79 Å². The van der Waals surface area contributed by atoms with Crippen LogP contribution >= 0.6 is 27.5 Å².